The second-order valence-corrected chi connectivity index (χ2v) is 5.61. The molecule has 0 aromatic carbocycles. The highest BCUT2D eigenvalue weighted by Crippen LogP contribution is 2.22. The van der Waals surface area contributed by atoms with Crippen LogP contribution in [0, 0.1) is 5.92 Å². The van der Waals surface area contributed by atoms with Gasteiger partial charge in [-0.1, -0.05) is 6.07 Å². The number of nitrogens with zero attached hydrogens (tertiary/aromatic N) is 1. The molecule has 1 aliphatic heterocycles. The Balaban J connectivity index is 2.03. The van der Waals surface area contributed by atoms with E-state index in [1.807, 2.05) is 6.92 Å². The number of hydrogen-bond acceptors (Lipinski definition) is 4. The van der Waals surface area contributed by atoms with Gasteiger partial charge in [-0.05, 0) is 18.4 Å². The van der Waals surface area contributed by atoms with E-state index in [0.29, 0.717) is 18.0 Å². The number of carbonyl (C=O) groups is 3. The summed E-state index contributed by atoms with van der Waals surface area (Å²) < 4.78 is 0. The van der Waals surface area contributed by atoms with Crippen molar-refractivity contribution in [3.05, 3.63) is 22.4 Å². The zero-order valence-corrected chi connectivity index (χ0v) is 11.9. The number of likely N-dealkylation sites (tertiary alicyclic amines) is 1. The van der Waals surface area contributed by atoms with Gasteiger partial charge < -0.3 is 15.3 Å². The SMILES string of the molecule is CCN1CC(C(=O)NC(C(=O)O)c2cccs2)CC1=O. The molecule has 108 valence electrons. The molecule has 1 saturated heterocycles. The van der Waals surface area contributed by atoms with E-state index in [1.165, 1.54) is 11.3 Å². The minimum absolute atomic E-state index is 0.0596. The average molecular weight is 296 g/mol. The third-order valence-corrected chi connectivity index (χ3v) is 4.27. The fourth-order valence-electron chi connectivity index (χ4n) is 2.22. The molecule has 2 heterocycles. The molecule has 2 unspecified atom stereocenters. The molecule has 2 atom stereocenters. The molecule has 2 N–H and O–H groups in total. The van der Waals surface area contributed by atoms with Crippen molar-refractivity contribution in [1.82, 2.24) is 10.2 Å². The van der Waals surface area contributed by atoms with Crippen molar-refractivity contribution in [2.75, 3.05) is 13.1 Å². The van der Waals surface area contributed by atoms with Crippen LogP contribution in [0.25, 0.3) is 0 Å². The standard InChI is InChI=1S/C13H16N2O4S/c1-2-15-7-8(6-10(15)16)12(17)14-11(13(18)19)9-4-3-5-20-9/h3-5,8,11H,2,6-7H2,1H3,(H,14,17)(H,18,19). The Morgan fingerprint density at radius 1 is 1.60 bits per heavy atom. The Morgan fingerprint density at radius 2 is 2.35 bits per heavy atom. The molecule has 1 aliphatic rings. The van der Waals surface area contributed by atoms with Gasteiger partial charge in [-0.3, -0.25) is 9.59 Å². The Bertz CT molecular complexity index is 514. The van der Waals surface area contributed by atoms with Crippen molar-refractivity contribution in [3.63, 3.8) is 0 Å². The molecule has 0 bridgehead atoms. The average Bonchev–Trinajstić information content (AvgIpc) is 3.04. The molecule has 0 spiro atoms. The fraction of sp³-hybridized carbons (Fsp3) is 0.462. The maximum Gasteiger partial charge on any atom is 0.331 e. The lowest BCUT2D eigenvalue weighted by Gasteiger charge is -2.17. The van der Waals surface area contributed by atoms with Gasteiger partial charge in [0.05, 0.1) is 5.92 Å². The number of rotatable bonds is 5. The van der Waals surface area contributed by atoms with Gasteiger partial charge in [-0.15, -0.1) is 11.3 Å². The molecule has 0 radical (unpaired) electrons. The van der Waals surface area contributed by atoms with Crippen LogP contribution >= 0.6 is 11.3 Å². The summed E-state index contributed by atoms with van der Waals surface area (Å²) in [6, 6.07) is 2.36. The van der Waals surface area contributed by atoms with E-state index in [1.54, 1.807) is 22.4 Å². The molecule has 6 nitrogen and oxygen atoms in total. The number of carboxylic acids is 1. The van der Waals surface area contributed by atoms with E-state index in [0.717, 1.165) is 0 Å². The zero-order chi connectivity index (χ0) is 14.7. The van der Waals surface area contributed by atoms with E-state index >= 15 is 0 Å². The van der Waals surface area contributed by atoms with Crippen LogP contribution in [-0.4, -0.2) is 40.9 Å². The Hall–Kier alpha value is -1.89. The number of hydrogen-bond donors (Lipinski definition) is 2. The molecule has 2 amide bonds. The molecule has 1 aromatic heterocycles. The summed E-state index contributed by atoms with van der Waals surface area (Å²) in [4.78, 5) is 37.1. The third kappa shape index (κ3) is 2.98. The summed E-state index contributed by atoms with van der Waals surface area (Å²) in [6.45, 7) is 2.78. The monoisotopic (exact) mass is 296 g/mol. The first-order valence-electron chi connectivity index (χ1n) is 6.37. The normalized spacial score (nSPS) is 19.9. The lowest BCUT2D eigenvalue weighted by Crippen LogP contribution is -2.38. The smallest absolute Gasteiger partial charge is 0.331 e. The Morgan fingerprint density at radius 3 is 2.85 bits per heavy atom. The van der Waals surface area contributed by atoms with E-state index in [-0.39, 0.29) is 18.2 Å². The quantitative estimate of drug-likeness (QED) is 0.843. The Kier molecular flexibility index (Phi) is 4.39. The first kappa shape index (κ1) is 14.5. The highest BCUT2D eigenvalue weighted by Gasteiger charge is 2.35. The van der Waals surface area contributed by atoms with Gasteiger partial charge in [0, 0.05) is 24.4 Å². The minimum Gasteiger partial charge on any atom is -0.479 e. The van der Waals surface area contributed by atoms with Gasteiger partial charge in [-0.25, -0.2) is 4.79 Å². The van der Waals surface area contributed by atoms with E-state index in [4.69, 9.17) is 0 Å². The van der Waals surface area contributed by atoms with Crippen LogP contribution in [0.3, 0.4) is 0 Å². The fourth-order valence-corrected chi connectivity index (χ4v) is 2.99. The third-order valence-electron chi connectivity index (χ3n) is 3.33. The van der Waals surface area contributed by atoms with Crippen LogP contribution in [0.15, 0.2) is 17.5 Å². The zero-order valence-electron chi connectivity index (χ0n) is 11.0. The molecule has 1 aromatic rings. The Labute approximate surface area is 120 Å². The van der Waals surface area contributed by atoms with Crippen LogP contribution in [0.4, 0.5) is 0 Å². The minimum atomic E-state index is -1.10. The molecular formula is C13H16N2O4S. The van der Waals surface area contributed by atoms with Gasteiger partial charge in [0.15, 0.2) is 6.04 Å². The van der Waals surface area contributed by atoms with Crippen molar-refractivity contribution in [3.8, 4) is 0 Å². The number of carboxylic acid groups (broad SMARTS) is 1. The topological polar surface area (TPSA) is 86.7 Å². The molecule has 0 saturated carbocycles. The maximum atomic E-state index is 12.1. The lowest BCUT2D eigenvalue weighted by atomic mass is 10.1. The summed E-state index contributed by atoms with van der Waals surface area (Å²) in [5.74, 6) is -2.01. The van der Waals surface area contributed by atoms with Crippen LogP contribution in [0.5, 0.6) is 0 Å². The van der Waals surface area contributed by atoms with Gasteiger partial charge in [-0.2, -0.15) is 0 Å². The molecule has 2 rings (SSSR count). The molecule has 1 fully saturated rings. The number of thiophene rings is 1. The van der Waals surface area contributed by atoms with Gasteiger partial charge in [0.1, 0.15) is 0 Å². The van der Waals surface area contributed by atoms with E-state index in [9.17, 15) is 19.5 Å². The van der Waals surface area contributed by atoms with Crippen LogP contribution < -0.4 is 5.32 Å². The van der Waals surface area contributed by atoms with Crippen LogP contribution in [0.2, 0.25) is 0 Å². The maximum absolute atomic E-state index is 12.1. The second kappa shape index (κ2) is 6.04. The van der Waals surface area contributed by atoms with Gasteiger partial charge in [0.2, 0.25) is 11.8 Å². The number of aliphatic carboxylic acids is 1. The summed E-state index contributed by atoms with van der Waals surface area (Å²) in [7, 11) is 0. The number of carbonyl (C=O) groups excluding carboxylic acids is 2. The van der Waals surface area contributed by atoms with Crippen molar-refractivity contribution in [2.24, 2.45) is 5.92 Å². The molecule has 20 heavy (non-hydrogen) atoms. The first-order chi connectivity index (χ1) is 9.52. The summed E-state index contributed by atoms with van der Waals surface area (Å²) in [6.07, 6.45) is 0.149. The number of amides is 2. The van der Waals surface area contributed by atoms with Crippen molar-refractivity contribution in [2.45, 2.75) is 19.4 Å². The van der Waals surface area contributed by atoms with E-state index < -0.39 is 17.9 Å². The van der Waals surface area contributed by atoms with Crippen molar-refractivity contribution >= 4 is 29.1 Å². The summed E-state index contributed by atoms with van der Waals surface area (Å²) >= 11 is 1.28. The second-order valence-electron chi connectivity index (χ2n) is 4.63. The molecule has 0 aliphatic carbocycles. The predicted octanol–water partition coefficient (Wildman–Crippen LogP) is 0.858. The molecular weight excluding hydrogens is 280 g/mol. The van der Waals surface area contributed by atoms with Crippen LogP contribution in [-0.2, 0) is 14.4 Å². The number of nitrogens with one attached hydrogen (secondary N) is 1. The first-order valence-corrected chi connectivity index (χ1v) is 7.25. The predicted molar refractivity (Wildman–Crippen MR) is 73.2 cm³/mol. The highest BCUT2D eigenvalue weighted by atomic mass is 32.1. The largest absolute Gasteiger partial charge is 0.479 e. The van der Waals surface area contributed by atoms with Crippen LogP contribution in [0.1, 0.15) is 24.3 Å². The molecule has 7 heteroatoms. The highest BCUT2D eigenvalue weighted by molar-refractivity contribution is 7.10. The van der Waals surface area contributed by atoms with Crippen molar-refractivity contribution in [1.29, 1.82) is 0 Å². The van der Waals surface area contributed by atoms with Crippen molar-refractivity contribution < 1.29 is 19.5 Å². The van der Waals surface area contributed by atoms with E-state index in [2.05, 4.69) is 5.32 Å². The summed E-state index contributed by atoms with van der Waals surface area (Å²) in [5.41, 5.74) is 0. The summed E-state index contributed by atoms with van der Waals surface area (Å²) in [5, 5.41) is 13.5. The van der Waals surface area contributed by atoms with Gasteiger partial charge in [0.25, 0.3) is 0 Å². The van der Waals surface area contributed by atoms with Gasteiger partial charge >= 0.3 is 5.97 Å². The lowest BCUT2D eigenvalue weighted by molar-refractivity contribution is -0.142.